The molecule has 1 aromatic rings. The second-order valence-electron chi connectivity index (χ2n) is 2.36. The van der Waals surface area contributed by atoms with E-state index in [9.17, 15) is 4.79 Å². The molecule has 0 amide bonds. The first-order chi connectivity index (χ1) is 6.65. The fourth-order valence-corrected chi connectivity index (χ4v) is 1.79. The molecule has 0 saturated heterocycles. The maximum Gasteiger partial charge on any atom is 0.338 e. The van der Waals surface area contributed by atoms with Crippen LogP contribution in [0.5, 0.6) is 0 Å². The molecule has 2 N–H and O–H groups in total. The third-order valence-corrected chi connectivity index (χ3v) is 2.57. The van der Waals surface area contributed by atoms with Crippen molar-refractivity contribution < 1.29 is 15.0 Å². The lowest BCUT2D eigenvalue weighted by atomic mass is 10.3. The zero-order valence-electron chi connectivity index (χ0n) is 7.11. The van der Waals surface area contributed by atoms with Gasteiger partial charge in [0.1, 0.15) is 10.2 Å². The van der Waals surface area contributed by atoms with Crippen molar-refractivity contribution in [3.8, 4) is 0 Å². The summed E-state index contributed by atoms with van der Waals surface area (Å²) in [4.78, 5) is 14.6. The lowest BCUT2D eigenvalue weighted by Crippen LogP contribution is -2.01. The molecule has 0 aliphatic rings. The average Bonchev–Trinajstić information content (AvgIpc) is 2.14. The highest BCUT2D eigenvalue weighted by Gasteiger charge is 2.11. The van der Waals surface area contributed by atoms with Crippen molar-refractivity contribution in [2.75, 3.05) is 12.4 Å². The van der Waals surface area contributed by atoms with Crippen molar-refractivity contribution in [2.24, 2.45) is 0 Å². The van der Waals surface area contributed by atoms with Gasteiger partial charge in [-0.2, -0.15) is 0 Å². The van der Waals surface area contributed by atoms with Crippen LogP contribution in [-0.4, -0.2) is 33.5 Å². The van der Waals surface area contributed by atoms with Crippen molar-refractivity contribution in [3.05, 3.63) is 22.8 Å². The van der Waals surface area contributed by atoms with Gasteiger partial charge in [-0.3, -0.25) is 0 Å². The maximum atomic E-state index is 10.7. The molecule has 1 heterocycles. The predicted octanol–water partition coefficient (Wildman–Crippen LogP) is 1.52. The molecule has 0 saturated carbocycles. The summed E-state index contributed by atoms with van der Waals surface area (Å²) >= 11 is 6.78. The molecule has 0 fully saturated rings. The Labute approximate surface area is 89.9 Å². The summed E-state index contributed by atoms with van der Waals surface area (Å²) in [5, 5.41) is 18.0. The van der Waals surface area contributed by atoms with Crippen molar-refractivity contribution in [2.45, 2.75) is 5.03 Å². The average molecular weight is 234 g/mol. The molecule has 0 spiro atoms. The smallest absolute Gasteiger partial charge is 0.338 e. The first-order valence-corrected chi connectivity index (χ1v) is 5.15. The van der Waals surface area contributed by atoms with Crippen LogP contribution in [0, 0.1) is 0 Å². The highest BCUT2D eigenvalue weighted by atomic mass is 35.5. The third-order valence-electron chi connectivity index (χ3n) is 1.39. The van der Waals surface area contributed by atoms with Crippen molar-refractivity contribution in [1.82, 2.24) is 4.98 Å². The van der Waals surface area contributed by atoms with E-state index >= 15 is 0 Å². The molecule has 0 atom stereocenters. The summed E-state index contributed by atoms with van der Waals surface area (Å²) in [6.45, 7) is -0.0298. The molecular formula is C8H8ClNO3S. The lowest BCUT2D eigenvalue weighted by Gasteiger charge is -2.03. The first kappa shape index (κ1) is 11.3. The fraction of sp³-hybridized carbons (Fsp3) is 0.250. The minimum absolute atomic E-state index is 0.0298. The van der Waals surface area contributed by atoms with E-state index in [1.165, 1.54) is 12.1 Å². The number of aliphatic hydroxyl groups is 1. The quantitative estimate of drug-likeness (QED) is 0.610. The summed E-state index contributed by atoms with van der Waals surface area (Å²) < 4.78 is 0. The van der Waals surface area contributed by atoms with Crippen LogP contribution in [-0.2, 0) is 0 Å². The van der Waals surface area contributed by atoms with Crippen LogP contribution >= 0.6 is 23.4 Å². The van der Waals surface area contributed by atoms with Gasteiger partial charge in [-0.1, -0.05) is 11.6 Å². The van der Waals surface area contributed by atoms with Gasteiger partial charge in [0, 0.05) is 5.75 Å². The van der Waals surface area contributed by atoms with Crippen LogP contribution in [0.4, 0.5) is 0 Å². The van der Waals surface area contributed by atoms with Crippen molar-refractivity contribution >= 4 is 29.3 Å². The molecule has 1 aromatic heterocycles. The zero-order valence-corrected chi connectivity index (χ0v) is 8.68. The second-order valence-corrected chi connectivity index (χ2v) is 3.83. The van der Waals surface area contributed by atoms with Gasteiger partial charge in [0.15, 0.2) is 0 Å². The van der Waals surface area contributed by atoms with E-state index in [2.05, 4.69) is 4.98 Å². The first-order valence-electron chi connectivity index (χ1n) is 3.78. The number of nitrogens with zero attached hydrogens (tertiary/aromatic N) is 1. The van der Waals surface area contributed by atoms with Gasteiger partial charge in [0.05, 0.1) is 12.2 Å². The van der Waals surface area contributed by atoms with Gasteiger partial charge in [-0.15, -0.1) is 11.8 Å². The number of hydrogen-bond acceptors (Lipinski definition) is 4. The van der Waals surface area contributed by atoms with E-state index in [0.29, 0.717) is 10.8 Å². The maximum absolute atomic E-state index is 10.7. The van der Waals surface area contributed by atoms with E-state index in [0.717, 1.165) is 11.8 Å². The number of aromatic carboxylic acids is 1. The number of hydrogen-bond donors (Lipinski definition) is 2. The molecule has 14 heavy (non-hydrogen) atoms. The number of rotatable bonds is 4. The van der Waals surface area contributed by atoms with Crippen LogP contribution in [0.2, 0.25) is 5.15 Å². The Hall–Kier alpha value is -0.780. The Bertz CT molecular complexity index is 345. The summed E-state index contributed by atoms with van der Waals surface area (Å²) in [6.07, 6.45) is 0. The number of thioether (sulfide) groups is 1. The van der Waals surface area contributed by atoms with E-state index < -0.39 is 5.97 Å². The standard InChI is InChI=1S/C8H8ClNO3S/c9-6-2-1-5(8(12)13)7(10-6)14-4-3-11/h1-2,11H,3-4H2,(H,12,13). The van der Waals surface area contributed by atoms with E-state index in [1.54, 1.807) is 0 Å². The molecule has 0 unspecified atom stereocenters. The minimum atomic E-state index is -1.05. The van der Waals surface area contributed by atoms with Crippen LogP contribution in [0.3, 0.4) is 0 Å². The number of aliphatic hydroxyl groups excluding tert-OH is 1. The van der Waals surface area contributed by atoms with Crippen LogP contribution in [0.15, 0.2) is 17.2 Å². The van der Waals surface area contributed by atoms with E-state index in [1.807, 2.05) is 0 Å². The van der Waals surface area contributed by atoms with Gasteiger partial charge < -0.3 is 10.2 Å². The molecular weight excluding hydrogens is 226 g/mol. The Morgan fingerprint density at radius 3 is 2.86 bits per heavy atom. The highest BCUT2D eigenvalue weighted by molar-refractivity contribution is 7.99. The van der Waals surface area contributed by atoms with Gasteiger partial charge >= 0.3 is 5.97 Å². The van der Waals surface area contributed by atoms with Crippen molar-refractivity contribution in [1.29, 1.82) is 0 Å². The predicted molar refractivity (Wildman–Crippen MR) is 54.0 cm³/mol. The van der Waals surface area contributed by atoms with E-state index in [4.69, 9.17) is 21.8 Å². The van der Waals surface area contributed by atoms with Gasteiger partial charge in [-0.05, 0) is 12.1 Å². The van der Waals surface area contributed by atoms with E-state index in [-0.39, 0.29) is 17.3 Å². The Kier molecular flexibility index (Phi) is 4.19. The van der Waals surface area contributed by atoms with Gasteiger partial charge in [-0.25, -0.2) is 9.78 Å². The van der Waals surface area contributed by atoms with Crippen LogP contribution in [0.1, 0.15) is 10.4 Å². The fourth-order valence-electron chi connectivity index (χ4n) is 0.833. The second kappa shape index (κ2) is 5.19. The number of carbonyl (C=O) groups is 1. The molecule has 6 heteroatoms. The Balaban J connectivity index is 2.97. The molecule has 1 rings (SSSR count). The van der Waals surface area contributed by atoms with Crippen LogP contribution < -0.4 is 0 Å². The minimum Gasteiger partial charge on any atom is -0.478 e. The number of carboxylic acids is 1. The van der Waals surface area contributed by atoms with Gasteiger partial charge in [0.2, 0.25) is 0 Å². The Morgan fingerprint density at radius 1 is 1.57 bits per heavy atom. The normalized spacial score (nSPS) is 10.1. The number of pyridine rings is 1. The molecule has 0 aromatic carbocycles. The number of halogens is 1. The largest absolute Gasteiger partial charge is 0.478 e. The molecule has 4 nitrogen and oxygen atoms in total. The summed E-state index contributed by atoms with van der Waals surface area (Å²) in [5.74, 6) is -0.650. The summed E-state index contributed by atoms with van der Waals surface area (Å²) in [6, 6.07) is 2.82. The third kappa shape index (κ3) is 2.87. The molecule has 0 aliphatic heterocycles. The molecule has 0 bridgehead atoms. The summed E-state index contributed by atoms with van der Waals surface area (Å²) in [7, 11) is 0. The SMILES string of the molecule is O=C(O)c1ccc(Cl)nc1SCCO. The summed E-state index contributed by atoms with van der Waals surface area (Å²) in [5.41, 5.74) is 0.104. The lowest BCUT2D eigenvalue weighted by molar-refractivity contribution is 0.0692. The Morgan fingerprint density at radius 2 is 2.29 bits per heavy atom. The topological polar surface area (TPSA) is 70.4 Å². The number of carboxylic acid groups (broad SMARTS) is 1. The number of aromatic nitrogens is 1. The van der Waals surface area contributed by atoms with Crippen molar-refractivity contribution in [3.63, 3.8) is 0 Å². The van der Waals surface area contributed by atoms with Gasteiger partial charge in [0.25, 0.3) is 0 Å². The molecule has 0 radical (unpaired) electrons. The zero-order chi connectivity index (χ0) is 10.6. The molecule has 0 aliphatic carbocycles. The monoisotopic (exact) mass is 233 g/mol. The molecule has 76 valence electrons. The highest BCUT2D eigenvalue weighted by Crippen LogP contribution is 2.22. The van der Waals surface area contributed by atoms with Crippen LogP contribution in [0.25, 0.3) is 0 Å².